The largest absolute Gasteiger partial charge is 0.494 e. The third-order valence-electron chi connectivity index (χ3n) is 6.26. The zero-order valence-corrected chi connectivity index (χ0v) is 22.0. The molecule has 0 saturated carbocycles. The lowest BCUT2D eigenvalue weighted by Crippen LogP contribution is -2.10. The number of aliphatic imine (C=N–C) groups is 1. The molecule has 4 aromatic rings. The van der Waals surface area contributed by atoms with Gasteiger partial charge in [-0.2, -0.15) is 15.0 Å². The molecule has 0 bridgehead atoms. The number of hydrogen-bond donors (Lipinski definition) is 1. The summed E-state index contributed by atoms with van der Waals surface area (Å²) >= 11 is 0. The van der Waals surface area contributed by atoms with E-state index in [1.54, 1.807) is 45.2 Å². The van der Waals surface area contributed by atoms with E-state index in [1.807, 2.05) is 0 Å². The smallest absolute Gasteiger partial charge is 0.277 e. The Morgan fingerprint density at radius 1 is 1.00 bits per heavy atom. The fraction of sp³-hybridized carbons (Fsp3) is 0.346. The van der Waals surface area contributed by atoms with Gasteiger partial charge in [-0.05, 0) is 35.4 Å². The Balaban J connectivity index is 1.55. The van der Waals surface area contributed by atoms with E-state index in [2.05, 4.69) is 40.9 Å². The molecular formula is C26H25F4N9O. The highest BCUT2D eigenvalue weighted by atomic mass is 19.3. The number of pyridine rings is 1. The first-order chi connectivity index (χ1) is 19.1. The summed E-state index contributed by atoms with van der Waals surface area (Å²) in [5, 5.41) is 23.5. The third kappa shape index (κ3) is 5.33. The molecule has 0 atom stereocenters. The molecule has 3 aromatic heterocycles. The van der Waals surface area contributed by atoms with Crippen LogP contribution in [0.4, 0.5) is 34.6 Å². The van der Waals surface area contributed by atoms with Crippen LogP contribution in [0.25, 0.3) is 11.4 Å². The minimum absolute atomic E-state index is 0.0533. The number of fused-ring (bicyclic) bond motifs is 1. The Morgan fingerprint density at radius 3 is 2.45 bits per heavy atom. The maximum atomic E-state index is 13.7. The second-order valence-electron chi connectivity index (χ2n) is 9.46. The number of aryl methyl sites for hydroxylation is 1. The second kappa shape index (κ2) is 10.9. The number of nitrogens with zero attached hydrogens (tertiary/aromatic N) is 8. The van der Waals surface area contributed by atoms with E-state index in [1.165, 1.54) is 18.0 Å². The van der Waals surface area contributed by atoms with Gasteiger partial charge in [0.1, 0.15) is 5.69 Å². The maximum absolute atomic E-state index is 13.7. The lowest BCUT2D eigenvalue weighted by atomic mass is 10.0. The van der Waals surface area contributed by atoms with Crippen LogP contribution in [0.2, 0.25) is 0 Å². The molecule has 1 aromatic carbocycles. The molecule has 4 heterocycles. The lowest BCUT2D eigenvalue weighted by Gasteiger charge is -2.16. The van der Waals surface area contributed by atoms with Crippen molar-refractivity contribution >= 4 is 22.8 Å². The Bertz CT molecular complexity index is 1590. The van der Waals surface area contributed by atoms with Gasteiger partial charge in [-0.15, -0.1) is 10.2 Å². The summed E-state index contributed by atoms with van der Waals surface area (Å²) in [6.07, 6.45) is -5.56. The Hall–Kier alpha value is -4.49. The van der Waals surface area contributed by atoms with Gasteiger partial charge in [0.2, 0.25) is 5.82 Å². The van der Waals surface area contributed by atoms with Crippen molar-refractivity contribution in [2.75, 3.05) is 12.4 Å². The maximum Gasteiger partial charge on any atom is 0.277 e. The van der Waals surface area contributed by atoms with Crippen LogP contribution in [0.5, 0.6) is 5.75 Å². The fourth-order valence-corrected chi connectivity index (χ4v) is 4.49. The molecule has 0 spiro atoms. The van der Waals surface area contributed by atoms with Gasteiger partial charge in [0.15, 0.2) is 5.75 Å². The van der Waals surface area contributed by atoms with Gasteiger partial charge in [0, 0.05) is 24.1 Å². The van der Waals surface area contributed by atoms with Gasteiger partial charge in [0.05, 0.1) is 53.9 Å². The second-order valence-corrected chi connectivity index (χ2v) is 9.46. The highest BCUT2D eigenvalue weighted by molar-refractivity contribution is 5.98. The summed E-state index contributed by atoms with van der Waals surface area (Å²) in [5.74, 6) is 0.502. The molecule has 208 valence electrons. The van der Waals surface area contributed by atoms with E-state index >= 15 is 0 Å². The van der Waals surface area contributed by atoms with Crippen LogP contribution >= 0.6 is 0 Å². The first-order valence-electron chi connectivity index (χ1n) is 12.4. The molecule has 14 heteroatoms. The van der Waals surface area contributed by atoms with E-state index in [0.29, 0.717) is 39.9 Å². The molecule has 0 radical (unpaired) electrons. The van der Waals surface area contributed by atoms with E-state index in [9.17, 15) is 17.6 Å². The van der Waals surface area contributed by atoms with Crippen molar-refractivity contribution in [3.63, 3.8) is 0 Å². The number of nitrogens with one attached hydrogen (secondary N) is 1. The quantitative estimate of drug-likeness (QED) is 0.275. The molecule has 1 N–H and O–H groups in total. The van der Waals surface area contributed by atoms with Gasteiger partial charge in [-0.25, -0.2) is 22.6 Å². The van der Waals surface area contributed by atoms with Gasteiger partial charge in [-0.1, -0.05) is 19.9 Å². The lowest BCUT2D eigenvalue weighted by molar-refractivity contribution is 0.148. The van der Waals surface area contributed by atoms with Crippen molar-refractivity contribution in [3.05, 3.63) is 58.7 Å². The number of methoxy groups -OCH3 is 1. The Morgan fingerprint density at radius 2 is 1.80 bits per heavy atom. The van der Waals surface area contributed by atoms with Crippen LogP contribution in [0.15, 0.2) is 35.3 Å². The topological polar surface area (TPSA) is 116 Å². The normalized spacial score (nSPS) is 12.8. The van der Waals surface area contributed by atoms with Crippen LogP contribution < -0.4 is 10.1 Å². The first kappa shape index (κ1) is 27.1. The molecule has 1 aliphatic rings. The minimum atomic E-state index is -2.76. The monoisotopic (exact) mass is 555 g/mol. The number of anilines is 2. The molecular weight excluding hydrogens is 530 g/mol. The van der Waals surface area contributed by atoms with E-state index < -0.39 is 12.9 Å². The number of tetrazole rings is 1. The van der Waals surface area contributed by atoms with Crippen molar-refractivity contribution in [3.8, 4) is 17.1 Å². The van der Waals surface area contributed by atoms with Crippen molar-refractivity contribution in [1.82, 2.24) is 35.4 Å². The van der Waals surface area contributed by atoms with Crippen LogP contribution in [0, 0.1) is 0 Å². The van der Waals surface area contributed by atoms with Gasteiger partial charge in [-0.3, -0.25) is 4.98 Å². The standard InChI is InChI=1S/C26H25F4N9O/c1-12(2)21-16(24(27)28)9-14(34-35-21)8-13-10-18(22-19(31-13)11-20(33-22)25(29)30)32-17-7-5-6-15(23(17)40-4)26-36-38-39(3)37-26/h5-7,9-10,12,24-25H,8,11H2,1-4H3,(H,31,32). The van der Waals surface area contributed by atoms with Gasteiger partial charge < -0.3 is 10.1 Å². The first-order valence-corrected chi connectivity index (χ1v) is 12.4. The predicted octanol–water partition coefficient (Wildman–Crippen LogP) is 5.36. The summed E-state index contributed by atoms with van der Waals surface area (Å²) in [5.41, 5.74) is 2.46. The minimum Gasteiger partial charge on any atom is -0.494 e. The molecule has 0 aliphatic carbocycles. The number of alkyl halides is 4. The average Bonchev–Trinajstić information content (AvgIpc) is 3.55. The van der Waals surface area contributed by atoms with Crippen LogP contribution in [-0.4, -0.2) is 54.6 Å². The number of para-hydroxylation sites is 1. The molecule has 40 heavy (non-hydrogen) atoms. The zero-order chi connectivity index (χ0) is 28.6. The summed E-state index contributed by atoms with van der Waals surface area (Å²) in [4.78, 5) is 9.97. The zero-order valence-electron chi connectivity index (χ0n) is 22.0. The van der Waals surface area contributed by atoms with E-state index in [-0.39, 0.29) is 47.1 Å². The summed E-state index contributed by atoms with van der Waals surface area (Å²) in [6.45, 7) is 3.53. The number of benzene rings is 1. The molecule has 0 amide bonds. The summed E-state index contributed by atoms with van der Waals surface area (Å²) < 4.78 is 60.3. The van der Waals surface area contributed by atoms with Gasteiger partial charge in [0.25, 0.3) is 12.9 Å². The van der Waals surface area contributed by atoms with Gasteiger partial charge >= 0.3 is 0 Å². The molecule has 0 fully saturated rings. The van der Waals surface area contributed by atoms with Crippen LogP contribution in [-0.2, 0) is 19.9 Å². The predicted molar refractivity (Wildman–Crippen MR) is 139 cm³/mol. The number of rotatable bonds is 9. The van der Waals surface area contributed by atoms with Crippen molar-refractivity contribution in [2.45, 2.75) is 45.5 Å². The van der Waals surface area contributed by atoms with E-state index in [4.69, 9.17) is 4.74 Å². The number of halogens is 4. The van der Waals surface area contributed by atoms with Crippen LogP contribution in [0.1, 0.15) is 54.5 Å². The number of aromatic nitrogens is 7. The summed E-state index contributed by atoms with van der Waals surface area (Å²) in [6, 6.07) is 8.20. The summed E-state index contributed by atoms with van der Waals surface area (Å²) in [7, 11) is 3.12. The molecule has 10 nitrogen and oxygen atoms in total. The highest BCUT2D eigenvalue weighted by Gasteiger charge is 2.27. The average molecular weight is 556 g/mol. The Kier molecular flexibility index (Phi) is 7.41. The van der Waals surface area contributed by atoms with Crippen molar-refractivity contribution < 1.29 is 22.3 Å². The number of hydrogen-bond acceptors (Lipinski definition) is 9. The molecule has 0 unspecified atom stereocenters. The fourth-order valence-electron chi connectivity index (χ4n) is 4.49. The molecule has 0 saturated heterocycles. The van der Waals surface area contributed by atoms with Crippen LogP contribution in [0.3, 0.4) is 0 Å². The SMILES string of the molecule is COc1c(Nc2cc(Cc3cc(C(F)F)c(C(C)C)nn3)nc3c2N=C(C(F)F)C3)cccc1-c1nnn(C)n1. The van der Waals surface area contributed by atoms with E-state index in [0.717, 1.165) is 0 Å². The molecule has 5 rings (SSSR count). The van der Waals surface area contributed by atoms with Crippen molar-refractivity contribution in [1.29, 1.82) is 0 Å². The Labute approximate surface area is 226 Å². The van der Waals surface area contributed by atoms with Crippen molar-refractivity contribution in [2.24, 2.45) is 12.0 Å². The highest BCUT2D eigenvalue weighted by Crippen LogP contribution is 2.41. The third-order valence-corrected chi connectivity index (χ3v) is 6.26. The molecule has 1 aliphatic heterocycles. The number of ether oxygens (including phenoxy) is 1.